The highest BCUT2D eigenvalue weighted by Gasteiger charge is 2.17. The summed E-state index contributed by atoms with van der Waals surface area (Å²) in [5.74, 6) is 0.0330. The van der Waals surface area contributed by atoms with Crippen molar-refractivity contribution < 1.29 is 9.53 Å². The molecule has 0 bridgehead atoms. The number of hydrogen-bond acceptors (Lipinski definition) is 5. The number of carbonyl (C=O) groups excluding carboxylic acids is 1. The molecule has 0 aliphatic carbocycles. The Hall–Kier alpha value is -2.41. The third-order valence-electron chi connectivity index (χ3n) is 6.62. The van der Waals surface area contributed by atoms with Gasteiger partial charge in [-0.15, -0.1) is 0 Å². The standard InChI is InChI=1S/C27H38N4O2/c1-23-6-4-9-26(20-23)31-14-12-29(13-15-31)11-3-2-10-28-27(32)25-8-5-7-24(21-25)22-30-16-18-33-19-17-30/h4-9,20-21H,2-3,10-19,22H2,1H3,(H,28,32). The molecular formula is C27H38N4O2. The first-order chi connectivity index (χ1) is 16.2. The lowest BCUT2D eigenvalue weighted by molar-refractivity contribution is 0.0342. The Kier molecular flexibility index (Phi) is 8.75. The van der Waals surface area contributed by atoms with Crippen LogP contribution >= 0.6 is 0 Å². The number of nitrogens with one attached hydrogen (secondary N) is 1. The molecule has 2 aliphatic heterocycles. The predicted molar refractivity (Wildman–Crippen MR) is 134 cm³/mol. The molecule has 0 atom stereocenters. The smallest absolute Gasteiger partial charge is 0.251 e. The summed E-state index contributed by atoms with van der Waals surface area (Å²) in [5.41, 5.74) is 4.61. The van der Waals surface area contributed by atoms with Crippen molar-refractivity contribution in [2.75, 3.05) is 70.5 Å². The van der Waals surface area contributed by atoms with E-state index in [0.717, 1.165) is 90.5 Å². The van der Waals surface area contributed by atoms with Gasteiger partial charge in [-0.3, -0.25) is 14.6 Å². The van der Waals surface area contributed by atoms with Gasteiger partial charge in [-0.25, -0.2) is 0 Å². The van der Waals surface area contributed by atoms with Crippen LogP contribution < -0.4 is 10.2 Å². The van der Waals surface area contributed by atoms with Crippen LogP contribution in [0.1, 0.15) is 34.3 Å². The van der Waals surface area contributed by atoms with Crippen LogP contribution in [0.15, 0.2) is 48.5 Å². The zero-order chi connectivity index (χ0) is 22.9. The van der Waals surface area contributed by atoms with E-state index in [-0.39, 0.29) is 5.91 Å². The van der Waals surface area contributed by atoms with Crippen LogP contribution in [-0.4, -0.2) is 81.3 Å². The van der Waals surface area contributed by atoms with Gasteiger partial charge in [-0.05, 0) is 61.7 Å². The van der Waals surface area contributed by atoms with Crippen molar-refractivity contribution in [3.05, 3.63) is 65.2 Å². The summed E-state index contributed by atoms with van der Waals surface area (Å²) >= 11 is 0. The minimum absolute atomic E-state index is 0.0330. The van der Waals surface area contributed by atoms with E-state index >= 15 is 0 Å². The first-order valence-corrected chi connectivity index (χ1v) is 12.4. The Balaban J connectivity index is 1.12. The molecule has 2 fully saturated rings. The van der Waals surface area contributed by atoms with Gasteiger partial charge in [-0.1, -0.05) is 24.3 Å². The fourth-order valence-corrected chi connectivity index (χ4v) is 4.65. The number of nitrogens with zero attached hydrogens (tertiary/aromatic N) is 3. The first-order valence-electron chi connectivity index (χ1n) is 12.4. The fourth-order valence-electron chi connectivity index (χ4n) is 4.65. The van der Waals surface area contributed by atoms with Crippen LogP contribution in [-0.2, 0) is 11.3 Å². The summed E-state index contributed by atoms with van der Waals surface area (Å²) in [6.45, 7) is 12.7. The molecule has 2 aromatic carbocycles. The molecule has 33 heavy (non-hydrogen) atoms. The van der Waals surface area contributed by atoms with Crippen molar-refractivity contribution in [2.45, 2.75) is 26.3 Å². The Labute approximate surface area is 198 Å². The van der Waals surface area contributed by atoms with Crippen LogP contribution in [0.2, 0.25) is 0 Å². The van der Waals surface area contributed by atoms with Gasteiger partial charge < -0.3 is 15.0 Å². The topological polar surface area (TPSA) is 48.0 Å². The van der Waals surface area contributed by atoms with Gasteiger partial charge >= 0.3 is 0 Å². The third-order valence-corrected chi connectivity index (χ3v) is 6.62. The number of anilines is 1. The predicted octanol–water partition coefficient (Wildman–Crippen LogP) is 3.16. The molecule has 2 aliphatic rings. The second-order valence-corrected chi connectivity index (χ2v) is 9.22. The molecule has 0 unspecified atom stereocenters. The van der Waals surface area contributed by atoms with Crippen molar-refractivity contribution >= 4 is 11.6 Å². The van der Waals surface area contributed by atoms with E-state index in [4.69, 9.17) is 4.74 Å². The Bertz CT molecular complexity index is 889. The summed E-state index contributed by atoms with van der Waals surface area (Å²) < 4.78 is 5.42. The second-order valence-electron chi connectivity index (χ2n) is 9.22. The Morgan fingerprint density at radius 1 is 0.909 bits per heavy atom. The number of aryl methyl sites for hydroxylation is 1. The van der Waals surface area contributed by atoms with Crippen LogP contribution in [0.3, 0.4) is 0 Å². The highest BCUT2D eigenvalue weighted by molar-refractivity contribution is 5.94. The molecule has 0 spiro atoms. The summed E-state index contributed by atoms with van der Waals surface area (Å²) in [7, 11) is 0. The minimum Gasteiger partial charge on any atom is -0.379 e. The molecule has 1 amide bonds. The largest absolute Gasteiger partial charge is 0.379 e. The number of piperazine rings is 1. The van der Waals surface area contributed by atoms with Crippen LogP contribution in [0.5, 0.6) is 0 Å². The average Bonchev–Trinajstić information content (AvgIpc) is 2.85. The molecule has 6 nitrogen and oxygen atoms in total. The number of rotatable bonds is 9. The maximum absolute atomic E-state index is 12.6. The van der Waals surface area contributed by atoms with Gasteiger partial charge in [0.2, 0.25) is 0 Å². The summed E-state index contributed by atoms with van der Waals surface area (Å²) in [4.78, 5) is 20.0. The van der Waals surface area contributed by atoms with Crippen LogP contribution in [0.4, 0.5) is 5.69 Å². The second kappa shape index (κ2) is 12.2. The average molecular weight is 451 g/mol. The van der Waals surface area contributed by atoms with E-state index in [1.165, 1.54) is 16.8 Å². The van der Waals surface area contributed by atoms with E-state index in [2.05, 4.69) is 57.3 Å². The van der Waals surface area contributed by atoms with Crippen molar-refractivity contribution in [3.8, 4) is 0 Å². The number of ether oxygens (including phenoxy) is 1. The van der Waals surface area contributed by atoms with Crippen LogP contribution in [0, 0.1) is 6.92 Å². The van der Waals surface area contributed by atoms with Gasteiger partial charge in [0.05, 0.1) is 13.2 Å². The molecule has 6 heteroatoms. The minimum atomic E-state index is 0.0330. The normalized spacial score (nSPS) is 17.8. The number of hydrogen-bond donors (Lipinski definition) is 1. The van der Waals surface area contributed by atoms with E-state index in [1.54, 1.807) is 0 Å². The Morgan fingerprint density at radius 3 is 2.48 bits per heavy atom. The number of benzene rings is 2. The maximum Gasteiger partial charge on any atom is 0.251 e. The number of unbranched alkanes of at least 4 members (excludes halogenated alkanes) is 1. The molecule has 4 rings (SSSR count). The summed E-state index contributed by atoms with van der Waals surface area (Å²) in [6, 6.07) is 16.8. The van der Waals surface area contributed by atoms with Crippen molar-refractivity contribution in [3.63, 3.8) is 0 Å². The number of morpholine rings is 1. The summed E-state index contributed by atoms with van der Waals surface area (Å²) in [6.07, 6.45) is 2.12. The summed E-state index contributed by atoms with van der Waals surface area (Å²) in [5, 5.41) is 3.10. The molecule has 0 saturated carbocycles. The molecule has 2 heterocycles. The molecular weight excluding hydrogens is 412 g/mol. The van der Waals surface area contributed by atoms with Gasteiger partial charge in [0.1, 0.15) is 0 Å². The van der Waals surface area contributed by atoms with E-state index in [0.29, 0.717) is 0 Å². The molecule has 1 N–H and O–H groups in total. The molecule has 0 aromatic heterocycles. The van der Waals surface area contributed by atoms with Gasteiger partial charge in [0, 0.05) is 63.6 Å². The van der Waals surface area contributed by atoms with E-state index in [9.17, 15) is 4.79 Å². The van der Waals surface area contributed by atoms with Gasteiger partial charge in [-0.2, -0.15) is 0 Å². The molecule has 2 saturated heterocycles. The lowest BCUT2D eigenvalue weighted by Crippen LogP contribution is -2.46. The fraction of sp³-hybridized carbons (Fsp3) is 0.519. The Morgan fingerprint density at radius 2 is 1.70 bits per heavy atom. The van der Waals surface area contributed by atoms with Crippen molar-refractivity contribution in [1.82, 2.24) is 15.1 Å². The maximum atomic E-state index is 12.6. The monoisotopic (exact) mass is 450 g/mol. The van der Waals surface area contributed by atoms with Gasteiger partial charge in [0.25, 0.3) is 5.91 Å². The zero-order valence-corrected chi connectivity index (χ0v) is 20.0. The molecule has 178 valence electrons. The quantitative estimate of drug-likeness (QED) is 0.595. The van der Waals surface area contributed by atoms with Crippen molar-refractivity contribution in [1.29, 1.82) is 0 Å². The zero-order valence-electron chi connectivity index (χ0n) is 20.0. The van der Waals surface area contributed by atoms with Crippen molar-refractivity contribution in [2.24, 2.45) is 0 Å². The van der Waals surface area contributed by atoms with E-state index in [1.807, 2.05) is 18.2 Å². The SMILES string of the molecule is Cc1cccc(N2CCN(CCCCNC(=O)c3cccc(CN4CCOCC4)c3)CC2)c1. The lowest BCUT2D eigenvalue weighted by atomic mass is 10.1. The first kappa shape index (κ1) is 23.7. The molecule has 2 aromatic rings. The molecule has 0 radical (unpaired) electrons. The number of carbonyl (C=O) groups is 1. The van der Waals surface area contributed by atoms with Gasteiger partial charge in [0.15, 0.2) is 0 Å². The van der Waals surface area contributed by atoms with Crippen LogP contribution in [0.25, 0.3) is 0 Å². The van der Waals surface area contributed by atoms with E-state index < -0.39 is 0 Å². The third kappa shape index (κ3) is 7.29. The highest BCUT2D eigenvalue weighted by atomic mass is 16.5. The highest BCUT2D eigenvalue weighted by Crippen LogP contribution is 2.18. The number of amides is 1. The lowest BCUT2D eigenvalue weighted by Gasteiger charge is -2.36.